The highest BCUT2D eigenvalue weighted by Crippen LogP contribution is 2.23. The first-order valence-corrected chi connectivity index (χ1v) is 9.58. The van der Waals surface area contributed by atoms with Gasteiger partial charge in [-0.15, -0.1) is 0 Å². The number of cyclic esters (lactones) is 2. The highest BCUT2D eigenvalue weighted by molar-refractivity contribution is 7.89. The van der Waals surface area contributed by atoms with Crippen LogP contribution in [0.5, 0.6) is 0 Å². The minimum Gasteiger partial charge on any atom is -0.419 e. The average molecular weight is 382 g/mol. The quantitative estimate of drug-likeness (QED) is 0.439. The van der Waals surface area contributed by atoms with Crippen molar-refractivity contribution in [2.75, 3.05) is 5.32 Å². The summed E-state index contributed by atoms with van der Waals surface area (Å²) in [5.74, 6) is -2.89. The molecule has 1 unspecified atom stereocenters. The zero-order chi connectivity index (χ0) is 19.5. The Hall–Kier alpha value is -2.39. The molecule has 0 aliphatic carbocycles. The van der Waals surface area contributed by atoms with Crippen molar-refractivity contribution in [2.24, 2.45) is 0 Å². The van der Waals surface area contributed by atoms with Crippen LogP contribution in [0.1, 0.15) is 34.1 Å². The van der Waals surface area contributed by atoms with Gasteiger partial charge in [0, 0.05) is 31.8 Å². The van der Waals surface area contributed by atoms with Gasteiger partial charge in [0.2, 0.25) is 10.0 Å². The van der Waals surface area contributed by atoms with Crippen molar-refractivity contribution in [3.8, 4) is 0 Å². The first kappa shape index (κ1) is 19.9. The lowest BCUT2D eigenvalue weighted by molar-refractivity contribution is -0.222. The largest absolute Gasteiger partial charge is 0.419 e. The summed E-state index contributed by atoms with van der Waals surface area (Å²) in [4.78, 5) is 23.8. The minimum atomic E-state index is -3.60. The van der Waals surface area contributed by atoms with Crippen LogP contribution in [0.15, 0.2) is 40.9 Å². The van der Waals surface area contributed by atoms with E-state index in [0.29, 0.717) is 12.1 Å². The fourth-order valence-corrected chi connectivity index (χ4v) is 3.41. The predicted octanol–water partition coefficient (Wildman–Crippen LogP) is 1.90. The van der Waals surface area contributed by atoms with E-state index in [1.165, 1.54) is 44.3 Å². The number of carbonyl (C=O) groups excluding carboxylic acids is 2. The number of rotatable bonds is 6. The minimum absolute atomic E-state index is 0.120. The molecule has 0 bridgehead atoms. The Labute approximate surface area is 152 Å². The van der Waals surface area contributed by atoms with E-state index in [9.17, 15) is 18.0 Å². The summed E-state index contributed by atoms with van der Waals surface area (Å²) in [7, 11) is -3.60. The molecule has 0 aromatic heterocycles. The molecule has 2 rings (SSSR count). The zero-order valence-electron chi connectivity index (χ0n) is 15.0. The Bertz CT molecular complexity index is 805. The molecule has 142 valence electrons. The van der Waals surface area contributed by atoms with Crippen LogP contribution in [0.4, 0.5) is 5.69 Å². The van der Waals surface area contributed by atoms with Crippen LogP contribution in [0, 0.1) is 0 Å². The third kappa shape index (κ3) is 4.83. The maximum Gasteiger partial charge on any atom is 0.350 e. The summed E-state index contributed by atoms with van der Waals surface area (Å²) >= 11 is 0. The van der Waals surface area contributed by atoms with Crippen LogP contribution in [-0.2, 0) is 29.1 Å². The fourth-order valence-electron chi connectivity index (χ4n) is 2.08. The van der Waals surface area contributed by atoms with Gasteiger partial charge >= 0.3 is 11.9 Å². The number of ether oxygens (including phenoxy) is 2. The Kier molecular flexibility index (Phi) is 5.72. The van der Waals surface area contributed by atoms with Crippen molar-refractivity contribution < 1.29 is 27.5 Å². The molecule has 1 aliphatic heterocycles. The van der Waals surface area contributed by atoms with E-state index in [1.54, 1.807) is 6.92 Å². The van der Waals surface area contributed by atoms with Crippen molar-refractivity contribution in [2.45, 2.75) is 50.8 Å². The van der Waals surface area contributed by atoms with Crippen molar-refractivity contribution in [3.05, 3.63) is 36.0 Å². The van der Waals surface area contributed by atoms with Gasteiger partial charge in [0.25, 0.3) is 5.79 Å². The molecule has 1 aromatic carbocycles. The lowest BCUT2D eigenvalue weighted by Crippen LogP contribution is -2.42. The number of nitrogens with one attached hydrogen (secondary N) is 2. The van der Waals surface area contributed by atoms with Crippen molar-refractivity contribution in [1.82, 2.24) is 4.72 Å². The Morgan fingerprint density at radius 1 is 1.12 bits per heavy atom. The van der Waals surface area contributed by atoms with Crippen LogP contribution >= 0.6 is 0 Å². The molecule has 9 heteroatoms. The summed E-state index contributed by atoms with van der Waals surface area (Å²) in [6, 6.07) is 5.71. The van der Waals surface area contributed by atoms with Crippen molar-refractivity contribution >= 4 is 27.6 Å². The van der Waals surface area contributed by atoms with E-state index in [0.717, 1.165) is 0 Å². The number of hydrogen-bond donors (Lipinski definition) is 2. The molecule has 0 radical (unpaired) electrons. The molecule has 1 fully saturated rings. The number of sulfonamides is 1. The number of anilines is 1. The van der Waals surface area contributed by atoms with E-state index in [-0.39, 0.29) is 16.5 Å². The standard InChI is InChI=1S/C17H22N2O6S/c1-5-11(2)19-26(22,23)13-8-6-12(7-9-13)18-10-14-15(20)24-17(3,4)25-16(14)21/h6-11,18-19H,5H2,1-4H3. The van der Waals surface area contributed by atoms with E-state index in [2.05, 4.69) is 10.0 Å². The van der Waals surface area contributed by atoms with Crippen LogP contribution in [0.3, 0.4) is 0 Å². The SMILES string of the molecule is CCC(C)NS(=O)(=O)c1ccc(NC=C2C(=O)OC(C)(C)OC2=O)cc1. The van der Waals surface area contributed by atoms with E-state index in [4.69, 9.17) is 9.47 Å². The van der Waals surface area contributed by atoms with Crippen LogP contribution < -0.4 is 10.0 Å². The van der Waals surface area contributed by atoms with Gasteiger partial charge in [-0.05, 0) is 37.6 Å². The number of benzene rings is 1. The molecule has 26 heavy (non-hydrogen) atoms. The average Bonchev–Trinajstić information content (AvgIpc) is 2.53. The van der Waals surface area contributed by atoms with Gasteiger partial charge in [-0.25, -0.2) is 22.7 Å². The third-order valence-electron chi connectivity index (χ3n) is 3.63. The van der Waals surface area contributed by atoms with Gasteiger partial charge in [-0.1, -0.05) is 6.92 Å². The van der Waals surface area contributed by atoms with Gasteiger partial charge in [0.05, 0.1) is 4.90 Å². The highest BCUT2D eigenvalue weighted by Gasteiger charge is 2.38. The van der Waals surface area contributed by atoms with Gasteiger partial charge < -0.3 is 14.8 Å². The van der Waals surface area contributed by atoms with E-state index < -0.39 is 27.7 Å². The second-order valence-corrected chi connectivity index (χ2v) is 8.05. The maximum absolute atomic E-state index is 12.2. The van der Waals surface area contributed by atoms with E-state index >= 15 is 0 Å². The molecular formula is C17H22N2O6S. The van der Waals surface area contributed by atoms with Crippen molar-refractivity contribution in [3.63, 3.8) is 0 Å². The summed E-state index contributed by atoms with van der Waals surface area (Å²) < 4.78 is 36.9. The Morgan fingerprint density at radius 2 is 1.65 bits per heavy atom. The first-order chi connectivity index (χ1) is 12.0. The molecule has 1 atom stereocenters. The van der Waals surface area contributed by atoms with Gasteiger partial charge in [-0.3, -0.25) is 0 Å². The van der Waals surface area contributed by atoms with Crippen molar-refractivity contribution in [1.29, 1.82) is 0 Å². The second kappa shape index (κ2) is 7.46. The lowest BCUT2D eigenvalue weighted by Gasteiger charge is -2.29. The van der Waals surface area contributed by atoms with Gasteiger partial charge in [0.15, 0.2) is 5.57 Å². The zero-order valence-corrected chi connectivity index (χ0v) is 15.8. The van der Waals surface area contributed by atoms with Gasteiger partial charge in [-0.2, -0.15) is 0 Å². The topological polar surface area (TPSA) is 111 Å². The molecule has 0 spiro atoms. The summed E-state index contributed by atoms with van der Waals surface area (Å²) in [6.45, 7) is 6.58. The van der Waals surface area contributed by atoms with E-state index in [1.807, 2.05) is 6.92 Å². The Morgan fingerprint density at radius 3 is 2.15 bits per heavy atom. The number of esters is 2. The predicted molar refractivity (Wildman–Crippen MR) is 94.5 cm³/mol. The monoisotopic (exact) mass is 382 g/mol. The smallest absolute Gasteiger partial charge is 0.350 e. The maximum atomic E-state index is 12.2. The summed E-state index contributed by atoms with van der Waals surface area (Å²) in [6.07, 6.45) is 1.84. The second-order valence-electron chi connectivity index (χ2n) is 6.34. The highest BCUT2D eigenvalue weighted by atomic mass is 32.2. The number of hydrogen-bond acceptors (Lipinski definition) is 7. The third-order valence-corrected chi connectivity index (χ3v) is 5.24. The first-order valence-electron chi connectivity index (χ1n) is 8.10. The normalized spacial score (nSPS) is 17.9. The molecule has 1 saturated heterocycles. The fraction of sp³-hybridized carbons (Fsp3) is 0.412. The molecule has 1 heterocycles. The number of carbonyl (C=O) groups is 2. The molecular weight excluding hydrogens is 360 g/mol. The molecule has 1 aromatic rings. The molecule has 2 N–H and O–H groups in total. The van der Waals surface area contributed by atoms with Crippen LogP contribution in [0.25, 0.3) is 0 Å². The summed E-state index contributed by atoms with van der Waals surface area (Å²) in [5.41, 5.74) is 0.213. The molecule has 0 amide bonds. The Balaban J connectivity index is 2.10. The summed E-state index contributed by atoms with van der Waals surface area (Å²) in [5, 5.41) is 2.75. The van der Waals surface area contributed by atoms with Crippen LogP contribution in [0.2, 0.25) is 0 Å². The molecule has 0 saturated carbocycles. The molecule has 1 aliphatic rings. The molecule has 8 nitrogen and oxygen atoms in total. The van der Waals surface area contributed by atoms with Gasteiger partial charge in [0.1, 0.15) is 0 Å². The van der Waals surface area contributed by atoms with Crippen LogP contribution in [-0.4, -0.2) is 32.2 Å². The lowest BCUT2D eigenvalue weighted by atomic mass is 10.2.